The number of aliphatic imine (C=N–C) groups is 1. The van der Waals surface area contributed by atoms with Gasteiger partial charge in [0.25, 0.3) is 0 Å². The Morgan fingerprint density at radius 2 is 2.00 bits per heavy atom. The Bertz CT molecular complexity index is 277. The molecule has 62 valence electrons. The minimum atomic E-state index is 0.907. The van der Waals surface area contributed by atoms with E-state index in [0.29, 0.717) is 0 Å². The maximum atomic E-state index is 4.45. The Balaban J connectivity index is 2.24. The predicted octanol–water partition coefficient (Wildman–Crippen LogP) is 1.08. The molecular weight excluding hydrogens is 148 g/mol. The molecule has 0 fully saturated rings. The Labute approximate surface area is 72.3 Å². The van der Waals surface area contributed by atoms with Crippen LogP contribution in [-0.2, 0) is 0 Å². The van der Waals surface area contributed by atoms with Gasteiger partial charge in [0.15, 0.2) is 0 Å². The molecule has 0 unspecified atom stereocenters. The third-order valence-corrected chi connectivity index (χ3v) is 1.99. The number of hydrogen-bond acceptors (Lipinski definition) is 2. The highest BCUT2D eigenvalue weighted by molar-refractivity contribution is 6.02. The zero-order valence-corrected chi connectivity index (χ0v) is 6.96. The third kappa shape index (κ3) is 1.53. The van der Waals surface area contributed by atoms with Gasteiger partial charge in [-0.2, -0.15) is 0 Å². The highest BCUT2D eigenvalue weighted by Gasteiger charge is 2.05. The molecule has 12 heavy (non-hydrogen) atoms. The lowest BCUT2D eigenvalue weighted by Crippen LogP contribution is -2.31. The average molecular weight is 160 g/mol. The first-order valence-corrected chi connectivity index (χ1v) is 4.26. The molecule has 2 heteroatoms. The summed E-state index contributed by atoms with van der Waals surface area (Å²) in [6.45, 7) is 2.82. The van der Waals surface area contributed by atoms with Gasteiger partial charge >= 0.3 is 0 Å². The quantitative estimate of drug-likeness (QED) is 0.653. The summed E-state index contributed by atoms with van der Waals surface area (Å²) in [5, 5.41) is 3.30. The van der Waals surface area contributed by atoms with Crippen molar-refractivity contribution in [1.29, 1.82) is 0 Å². The van der Waals surface area contributed by atoms with E-state index in [2.05, 4.69) is 22.4 Å². The van der Waals surface area contributed by atoms with Gasteiger partial charge in [-0.1, -0.05) is 30.3 Å². The van der Waals surface area contributed by atoms with Crippen molar-refractivity contribution in [2.24, 2.45) is 4.99 Å². The molecule has 0 radical (unpaired) electrons. The first kappa shape index (κ1) is 7.50. The topological polar surface area (TPSA) is 24.4 Å². The predicted molar refractivity (Wildman–Crippen MR) is 50.7 cm³/mol. The maximum absolute atomic E-state index is 4.45. The van der Waals surface area contributed by atoms with Crippen LogP contribution >= 0.6 is 0 Å². The zero-order valence-electron chi connectivity index (χ0n) is 6.96. The second kappa shape index (κ2) is 3.50. The average Bonchev–Trinajstić information content (AvgIpc) is 2.21. The minimum Gasteiger partial charge on any atom is -0.309 e. The van der Waals surface area contributed by atoms with Gasteiger partial charge in [0.1, 0.15) is 0 Å². The standard InChI is InChI=1S/C10H12N2/c1-2-4-9(5-3-1)10-8-11-6-7-12-10/h1-5,11H,6-8H2. The molecule has 1 N–H and O–H groups in total. The van der Waals surface area contributed by atoms with Crippen molar-refractivity contribution in [3.63, 3.8) is 0 Å². The fraction of sp³-hybridized carbons (Fsp3) is 0.300. The summed E-state index contributed by atoms with van der Waals surface area (Å²) in [4.78, 5) is 4.45. The largest absolute Gasteiger partial charge is 0.309 e. The molecule has 0 aromatic heterocycles. The monoisotopic (exact) mass is 160 g/mol. The van der Waals surface area contributed by atoms with E-state index in [1.165, 1.54) is 11.3 Å². The van der Waals surface area contributed by atoms with Crippen LogP contribution in [0.3, 0.4) is 0 Å². The van der Waals surface area contributed by atoms with Crippen molar-refractivity contribution in [1.82, 2.24) is 5.32 Å². The molecular formula is C10H12N2. The lowest BCUT2D eigenvalue weighted by atomic mass is 10.1. The first-order valence-electron chi connectivity index (χ1n) is 4.26. The van der Waals surface area contributed by atoms with E-state index >= 15 is 0 Å². The second-order valence-electron chi connectivity index (χ2n) is 2.87. The lowest BCUT2D eigenvalue weighted by Gasteiger charge is -2.12. The van der Waals surface area contributed by atoms with Crippen LogP contribution in [0.5, 0.6) is 0 Å². The minimum absolute atomic E-state index is 0.907. The van der Waals surface area contributed by atoms with Crippen molar-refractivity contribution in [2.45, 2.75) is 0 Å². The van der Waals surface area contributed by atoms with Gasteiger partial charge in [-0.3, -0.25) is 4.99 Å². The van der Waals surface area contributed by atoms with Crippen molar-refractivity contribution in [3.05, 3.63) is 35.9 Å². The van der Waals surface area contributed by atoms with Gasteiger partial charge in [-0.05, 0) is 5.56 Å². The van der Waals surface area contributed by atoms with Crippen LogP contribution in [0.1, 0.15) is 5.56 Å². The normalized spacial score (nSPS) is 17.2. The smallest absolute Gasteiger partial charge is 0.0559 e. The number of nitrogens with zero attached hydrogens (tertiary/aromatic N) is 1. The summed E-state index contributed by atoms with van der Waals surface area (Å²) < 4.78 is 0. The lowest BCUT2D eigenvalue weighted by molar-refractivity contribution is 0.737. The van der Waals surface area contributed by atoms with Crippen LogP contribution in [0.15, 0.2) is 35.3 Å². The van der Waals surface area contributed by atoms with E-state index in [4.69, 9.17) is 0 Å². The van der Waals surface area contributed by atoms with Crippen LogP contribution < -0.4 is 5.32 Å². The molecule has 1 aromatic rings. The van der Waals surface area contributed by atoms with Gasteiger partial charge in [0.2, 0.25) is 0 Å². The summed E-state index contributed by atoms with van der Waals surface area (Å²) in [7, 11) is 0. The second-order valence-corrected chi connectivity index (χ2v) is 2.87. The first-order chi connectivity index (χ1) is 5.97. The highest BCUT2D eigenvalue weighted by atomic mass is 15.0. The number of rotatable bonds is 1. The van der Waals surface area contributed by atoms with E-state index in [-0.39, 0.29) is 0 Å². The third-order valence-electron chi connectivity index (χ3n) is 1.99. The number of hydrogen-bond donors (Lipinski definition) is 1. The molecule has 2 rings (SSSR count). The van der Waals surface area contributed by atoms with Gasteiger partial charge in [-0.25, -0.2) is 0 Å². The van der Waals surface area contributed by atoms with Crippen molar-refractivity contribution < 1.29 is 0 Å². The molecule has 1 aromatic carbocycles. The molecule has 0 saturated carbocycles. The number of nitrogens with one attached hydrogen (secondary N) is 1. The summed E-state index contributed by atoms with van der Waals surface area (Å²) >= 11 is 0. The van der Waals surface area contributed by atoms with E-state index in [9.17, 15) is 0 Å². The van der Waals surface area contributed by atoms with Crippen LogP contribution in [0.25, 0.3) is 0 Å². The molecule has 0 bridgehead atoms. The van der Waals surface area contributed by atoms with E-state index in [1.54, 1.807) is 0 Å². The van der Waals surface area contributed by atoms with Crippen molar-refractivity contribution in [3.8, 4) is 0 Å². The molecule has 0 atom stereocenters. The highest BCUT2D eigenvalue weighted by Crippen LogP contribution is 2.02. The summed E-state index contributed by atoms with van der Waals surface area (Å²) in [6.07, 6.45) is 0. The molecule has 0 amide bonds. The van der Waals surface area contributed by atoms with Crippen LogP contribution in [0, 0.1) is 0 Å². The van der Waals surface area contributed by atoms with Crippen LogP contribution in [-0.4, -0.2) is 25.3 Å². The van der Waals surface area contributed by atoms with Gasteiger partial charge in [-0.15, -0.1) is 0 Å². The summed E-state index contributed by atoms with van der Waals surface area (Å²) in [5.74, 6) is 0. The molecule has 2 nitrogen and oxygen atoms in total. The van der Waals surface area contributed by atoms with Gasteiger partial charge in [0, 0.05) is 13.1 Å². The van der Waals surface area contributed by atoms with Crippen LogP contribution in [0.2, 0.25) is 0 Å². The molecule has 1 aliphatic heterocycles. The van der Waals surface area contributed by atoms with Gasteiger partial charge < -0.3 is 5.32 Å². The van der Waals surface area contributed by atoms with Gasteiger partial charge in [0.05, 0.1) is 12.3 Å². The molecule has 1 heterocycles. The molecule has 0 aliphatic carbocycles. The van der Waals surface area contributed by atoms with E-state index in [1.807, 2.05) is 18.2 Å². The van der Waals surface area contributed by atoms with Crippen molar-refractivity contribution >= 4 is 5.71 Å². The fourth-order valence-corrected chi connectivity index (χ4v) is 1.36. The molecule has 0 spiro atoms. The zero-order chi connectivity index (χ0) is 8.23. The molecule has 1 aliphatic rings. The Morgan fingerprint density at radius 1 is 1.17 bits per heavy atom. The Morgan fingerprint density at radius 3 is 2.67 bits per heavy atom. The number of benzene rings is 1. The maximum Gasteiger partial charge on any atom is 0.0559 e. The Kier molecular flexibility index (Phi) is 2.19. The fourth-order valence-electron chi connectivity index (χ4n) is 1.36. The van der Waals surface area contributed by atoms with E-state index in [0.717, 1.165) is 19.6 Å². The summed E-state index contributed by atoms with van der Waals surface area (Å²) in [5.41, 5.74) is 2.42. The van der Waals surface area contributed by atoms with Crippen LogP contribution in [0.4, 0.5) is 0 Å². The summed E-state index contributed by atoms with van der Waals surface area (Å²) in [6, 6.07) is 10.3. The van der Waals surface area contributed by atoms with E-state index < -0.39 is 0 Å². The molecule has 0 saturated heterocycles. The SMILES string of the molecule is c1ccc(C2=NCCNC2)cc1. The Hall–Kier alpha value is -1.15. The van der Waals surface area contributed by atoms with Crippen molar-refractivity contribution in [2.75, 3.05) is 19.6 Å².